The Morgan fingerprint density at radius 3 is 2.33 bits per heavy atom. The number of allylic oxidation sites excluding steroid dienone is 2. The Hall–Kier alpha value is -0.890. The third kappa shape index (κ3) is 1.64. The van der Waals surface area contributed by atoms with Crippen molar-refractivity contribution in [3.05, 3.63) is 23.3 Å². The summed E-state index contributed by atoms with van der Waals surface area (Å²) in [6, 6.07) is 0.161. The van der Waals surface area contributed by atoms with Gasteiger partial charge in [-0.25, -0.2) is 0 Å². The number of hydrogen-bond acceptors (Lipinski definition) is 2. The van der Waals surface area contributed by atoms with Crippen molar-refractivity contribution < 1.29 is 0 Å². The van der Waals surface area contributed by atoms with Crippen molar-refractivity contribution >= 4 is 5.71 Å². The summed E-state index contributed by atoms with van der Waals surface area (Å²) in [5.74, 6) is 0. The minimum absolute atomic E-state index is 0.161. The van der Waals surface area contributed by atoms with Crippen LogP contribution >= 0.6 is 0 Å². The van der Waals surface area contributed by atoms with Gasteiger partial charge >= 0.3 is 0 Å². The molecule has 1 aliphatic rings. The van der Waals surface area contributed by atoms with Gasteiger partial charge in [-0.15, -0.1) is 0 Å². The predicted molar refractivity (Wildman–Crippen MR) is 52.7 cm³/mol. The number of nitrogens with one attached hydrogen (secondary N) is 1. The summed E-state index contributed by atoms with van der Waals surface area (Å²) in [6.07, 6.45) is 4.08. The normalized spacial score (nSPS) is 24.1. The van der Waals surface area contributed by atoms with Crippen molar-refractivity contribution in [1.29, 1.82) is 5.41 Å². The lowest BCUT2D eigenvalue weighted by molar-refractivity contribution is 0.406. The molecule has 0 radical (unpaired) electrons. The average Bonchev–Trinajstić information content (AvgIpc) is 1.96. The van der Waals surface area contributed by atoms with Crippen LogP contribution in [0.5, 0.6) is 0 Å². The highest BCUT2D eigenvalue weighted by molar-refractivity contribution is 6.00. The van der Waals surface area contributed by atoms with Crippen LogP contribution in [0.15, 0.2) is 23.3 Å². The van der Waals surface area contributed by atoms with E-state index in [-0.39, 0.29) is 6.04 Å². The highest BCUT2D eigenvalue weighted by atomic mass is 15.1. The molecule has 1 N–H and O–H groups in total. The van der Waals surface area contributed by atoms with Crippen LogP contribution in [0.25, 0.3) is 0 Å². The maximum Gasteiger partial charge on any atom is 0.0699 e. The lowest BCUT2D eigenvalue weighted by Gasteiger charge is -2.25. The molecule has 0 saturated heterocycles. The summed E-state index contributed by atoms with van der Waals surface area (Å²) < 4.78 is 0. The topological polar surface area (TPSA) is 27.1 Å². The van der Waals surface area contributed by atoms with Crippen LogP contribution in [0.2, 0.25) is 0 Å². The quantitative estimate of drug-likeness (QED) is 0.629. The molecule has 0 spiro atoms. The minimum atomic E-state index is 0.161. The Balaban J connectivity index is 2.92. The molecule has 0 amide bonds. The van der Waals surface area contributed by atoms with Gasteiger partial charge in [0.05, 0.1) is 11.8 Å². The molecule has 1 aliphatic carbocycles. The van der Waals surface area contributed by atoms with E-state index in [1.807, 2.05) is 27.1 Å². The number of likely N-dealkylation sites (N-methyl/N-ethyl adjacent to an activating group) is 1. The summed E-state index contributed by atoms with van der Waals surface area (Å²) in [4.78, 5) is 2.05. The molecule has 0 heterocycles. The Bertz CT molecular complexity index is 259. The summed E-state index contributed by atoms with van der Waals surface area (Å²) in [5.41, 5.74) is 3.17. The van der Waals surface area contributed by atoms with Gasteiger partial charge in [0, 0.05) is 0 Å². The Labute approximate surface area is 74.1 Å². The molecular formula is C10H16N2. The van der Waals surface area contributed by atoms with E-state index in [2.05, 4.69) is 17.9 Å². The number of nitrogens with zero attached hydrogens (tertiary/aromatic N) is 1. The molecule has 1 atom stereocenters. The zero-order chi connectivity index (χ0) is 9.30. The first kappa shape index (κ1) is 9.20. The predicted octanol–water partition coefficient (Wildman–Crippen LogP) is 1.84. The van der Waals surface area contributed by atoms with Gasteiger partial charge in [0.1, 0.15) is 0 Å². The summed E-state index contributed by atoms with van der Waals surface area (Å²) in [5, 5.41) is 7.73. The van der Waals surface area contributed by atoms with E-state index in [0.717, 1.165) is 0 Å². The molecule has 0 fully saturated rings. The van der Waals surface area contributed by atoms with Gasteiger partial charge in [-0.2, -0.15) is 0 Å². The highest BCUT2D eigenvalue weighted by Crippen LogP contribution is 2.17. The van der Waals surface area contributed by atoms with Gasteiger partial charge in [0.15, 0.2) is 0 Å². The van der Waals surface area contributed by atoms with E-state index in [1.54, 1.807) is 0 Å². The monoisotopic (exact) mass is 164 g/mol. The van der Waals surface area contributed by atoms with E-state index in [9.17, 15) is 0 Å². The van der Waals surface area contributed by atoms with Crippen molar-refractivity contribution in [2.75, 3.05) is 14.1 Å². The zero-order valence-corrected chi connectivity index (χ0v) is 8.18. The zero-order valence-electron chi connectivity index (χ0n) is 8.18. The third-order valence-electron chi connectivity index (χ3n) is 2.28. The average molecular weight is 164 g/mol. The van der Waals surface area contributed by atoms with Crippen molar-refractivity contribution in [1.82, 2.24) is 4.90 Å². The largest absolute Gasteiger partial charge is 0.303 e. The molecule has 1 unspecified atom stereocenters. The SMILES string of the molecule is CC1=CC(=N)C(N(C)C)C=C1C. The lowest BCUT2D eigenvalue weighted by Crippen LogP contribution is -2.34. The van der Waals surface area contributed by atoms with Crippen molar-refractivity contribution in [3.8, 4) is 0 Å². The van der Waals surface area contributed by atoms with Gasteiger partial charge in [-0.05, 0) is 39.6 Å². The van der Waals surface area contributed by atoms with Crippen LogP contribution in [0, 0.1) is 5.41 Å². The summed E-state index contributed by atoms with van der Waals surface area (Å²) in [7, 11) is 4.00. The molecular weight excluding hydrogens is 148 g/mol. The van der Waals surface area contributed by atoms with Crippen LogP contribution in [0.3, 0.4) is 0 Å². The van der Waals surface area contributed by atoms with Gasteiger partial charge in [0.25, 0.3) is 0 Å². The van der Waals surface area contributed by atoms with Gasteiger partial charge in [-0.1, -0.05) is 11.6 Å². The van der Waals surface area contributed by atoms with E-state index < -0.39 is 0 Å². The molecule has 0 aromatic rings. The number of rotatable bonds is 1. The number of hydrogen-bond donors (Lipinski definition) is 1. The molecule has 66 valence electrons. The first-order valence-corrected chi connectivity index (χ1v) is 4.14. The van der Waals surface area contributed by atoms with Gasteiger partial charge in [-0.3, -0.25) is 4.90 Å². The maximum absolute atomic E-state index is 7.73. The van der Waals surface area contributed by atoms with Gasteiger partial charge < -0.3 is 5.41 Å². The molecule has 0 aromatic heterocycles. The van der Waals surface area contributed by atoms with Crippen LogP contribution in [0.4, 0.5) is 0 Å². The first-order valence-electron chi connectivity index (χ1n) is 4.14. The second kappa shape index (κ2) is 3.23. The highest BCUT2D eigenvalue weighted by Gasteiger charge is 2.17. The molecule has 2 nitrogen and oxygen atoms in total. The van der Waals surface area contributed by atoms with Crippen LogP contribution < -0.4 is 0 Å². The molecule has 0 aliphatic heterocycles. The smallest absolute Gasteiger partial charge is 0.0699 e. The second-order valence-electron chi connectivity index (χ2n) is 3.54. The Morgan fingerprint density at radius 1 is 1.25 bits per heavy atom. The van der Waals surface area contributed by atoms with E-state index in [0.29, 0.717) is 5.71 Å². The maximum atomic E-state index is 7.73. The molecule has 1 rings (SSSR count). The molecule has 2 heteroatoms. The Kier molecular flexibility index (Phi) is 2.48. The van der Waals surface area contributed by atoms with Crippen molar-refractivity contribution in [3.63, 3.8) is 0 Å². The fourth-order valence-corrected chi connectivity index (χ4v) is 1.32. The molecule has 0 aromatic carbocycles. The second-order valence-corrected chi connectivity index (χ2v) is 3.54. The lowest BCUT2D eigenvalue weighted by atomic mass is 9.95. The fourth-order valence-electron chi connectivity index (χ4n) is 1.32. The van der Waals surface area contributed by atoms with E-state index >= 15 is 0 Å². The van der Waals surface area contributed by atoms with Gasteiger partial charge in [0.2, 0.25) is 0 Å². The van der Waals surface area contributed by atoms with Crippen LogP contribution in [-0.2, 0) is 0 Å². The van der Waals surface area contributed by atoms with Crippen LogP contribution in [-0.4, -0.2) is 30.7 Å². The fraction of sp³-hybridized carbons (Fsp3) is 0.500. The molecule has 12 heavy (non-hydrogen) atoms. The van der Waals surface area contributed by atoms with Crippen molar-refractivity contribution in [2.45, 2.75) is 19.9 Å². The summed E-state index contributed by atoms with van der Waals surface area (Å²) >= 11 is 0. The van der Waals surface area contributed by atoms with E-state index in [1.165, 1.54) is 11.1 Å². The van der Waals surface area contributed by atoms with E-state index in [4.69, 9.17) is 5.41 Å². The van der Waals surface area contributed by atoms with Crippen LogP contribution in [0.1, 0.15) is 13.8 Å². The molecule has 0 saturated carbocycles. The summed E-state index contributed by atoms with van der Waals surface area (Å²) in [6.45, 7) is 4.14. The minimum Gasteiger partial charge on any atom is -0.303 e. The molecule has 0 bridgehead atoms. The van der Waals surface area contributed by atoms with Crippen molar-refractivity contribution in [2.24, 2.45) is 0 Å². The standard InChI is InChI=1S/C10H16N2/c1-7-5-9(11)10(12(3)4)6-8(7)2/h5-6,10-11H,1-4H3. The third-order valence-corrected chi connectivity index (χ3v) is 2.28. The first-order chi connectivity index (χ1) is 5.52. The Morgan fingerprint density at radius 2 is 1.83 bits per heavy atom.